The normalized spacial score (nSPS) is 25.8. The molecule has 0 aromatic carbocycles. The SMILES string of the molecule is CCCCCCC(C)OC(=O)C1NCCC1C. The number of unbranched alkanes of at least 4 members (excludes halogenated alkanes) is 3. The second kappa shape index (κ2) is 7.70. The Morgan fingerprint density at radius 3 is 2.76 bits per heavy atom. The summed E-state index contributed by atoms with van der Waals surface area (Å²) in [6.07, 6.45) is 7.07. The molecule has 0 spiro atoms. The van der Waals surface area contributed by atoms with E-state index < -0.39 is 0 Å². The molecule has 1 fully saturated rings. The van der Waals surface area contributed by atoms with Gasteiger partial charge in [-0.05, 0) is 38.6 Å². The van der Waals surface area contributed by atoms with Gasteiger partial charge in [0.1, 0.15) is 6.04 Å². The highest BCUT2D eigenvalue weighted by molar-refractivity contribution is 5.76. The number of nitrogens with one attached hydrogen (secondary N) is 1. The van der Waals surface area contributed by atoms with E-state index in [-0.39, 0.29) is 18.1 Å². The fraction of sp³-hybridized carbons (Fsp3) is 0.929. The molecule has 1 N–H and O–H groups in total. The minimum atomic E-state index is -0.0758. The van der Waals surface area contributed by atoms with E-state index in [9.17, 15) is 4.79 Å². The summed E-state index contributed by atoms with van der Waals surface area (Å²) in [4.78, 5) is 11.9. The molecular weight excluding hydrogens is 214 g/mol. The number of carbonyl (C=O) groups excluding carboxylic acids is 1. The van der Waals surface area contributed by atoms with Crippen molar-refractivity contribution in [1.82, 2.24) is 5.32 Å². The van der Waals surface area contributed by atoms with Crippen LogP contribution in [0.25, 0.3) is 0 Å². The molecule has 0 amide bonds. The fourth-order valence-electron chi connectivity index (χ4n) is 2.34. The summed E-state index contributed by atoms with van der Waals surface area (Å²) in [5.41, 5.74) is 0. The summed E-state index contributed by atoms with van der Waals surface area (Å²) in [6, 6.07) is -0.0758. The Balaban J connectivity index is 2.16. The van der Waals surface area contributed by atoms with Crippen molar-refractivity contribution in [2.45, 2.75) is 71.4 Å². The van der Waals surface area contributed by atoms with Crippen LogP contribution in [0, 0.1) is 5.92 Å². The van der Waals surface area contributed by atoms with E-state index in [1.807, 2.05) is 6.92 Å². The second-order valence-electron chi connectivity index (χ2n) is 5.29. The smallest absolute Gasteiger partial charge is 0.323 e. The quantitative estimate of drug-likeness (QED) is 0.550. The van der Waals surface area contributed by atoms with Gasteiger partial charge in [-0.1, -0.05) is 33.1 Å². The maximum atomic E-state index is 11.9. The molecule has 0 saturated carbocycles. The van der Waals surface area contributed by atoms with Crippen LogP contribution >= 0.6 is 0 Å². The summed E-state index contributed by atoms with van der Waals surface area (Å²) in [7, 11) is 0. The van der Waals surface area contributed by atoms with E-state index in [1.54, 1.807) is 0 Å². The van der Waals surface area contributed by atoms with Crippen molar-refractivity contribution < 1.29 is 9.53 Å². The van der Waals surface area contributed by atoms with Gasteiger partial charge in [-0.3, -0.25) is 4.79 Å². The molecule has 0 aliphatic carbocycles. The van der Waals surface area contributed by atoms with Crippen molar-refractivity contribution in [3.8, 4) is 0 Å². The maximum Gasteiger partial charge on any atom is 0.323 e. The molecule has 1 saturated heterocycles. The first kappa shape index (κ1) is 14.5. The topological polar surface area (TPSA) is 38.3 Å². The lowest BCUT2D eigenvalue weighted by molar-refractivity contribution is -0.151. The monoisotopic (exact) mass is 241 g/mol. The number of hydrogen-bond donors (Lipinski definition) is 1. The summed E-state index contributed by atoms with van der Waals surface area (Å²) >= 11 is 0. The third-order valence-electron chi connectivity index (χ3n) is 3.57. The first-order valence-electron chi connectivity index (χ1n) is 7.09. The molecule has 0 radical (unpaired) electrons. The first-order valence-corrected chi connectivity index (χ1v) is 7.09. The van der Waals surface area contributed by atoms with Crippen molar-refractivity contribution in [2.75, 3.05) is 6.54 Å². The van der Waals surface area contributed by atoms with Crippen LogP contribution in [-0.2, 0) is 9.53 Å². The summed E-state index contributed by atoms with van der Waals surface area (Å²) in [6.45, 7) is 7.25. The highest BCUT2D eigenvalue weighted by Crippen LogP contribution is 2.17. The Hall–Kier alpha value is -0.570. The summed E-state index contributed by atoms with van der Waals surface area (Å²) in [5.74, 6) is 0.354. The number of rotatable bonds is 7. The van der Waals surface area contributed by atoms with Crippen molar-refractivity contribution in [3.63, 3.8) is 0 Å². The van der Waals surface area contributed by atoms with E-state index in [0.717, 1.165) is 25.8 Å². The maximum absolute atomic E-state index is 11.9. The predicted octanol–water partition coefficient (Wildman–Crippen LogP) is 2.89. The number of ether oxygens (including phenoxy) is 1. The van der Waals surface area contributed by atoms with E-state index in [0.29, 0.717) is 5.92 Å². The van der Waals surface area contributed by atoms with Gasteiger partial charge in [-0.15, -0.1) is 0 Å². The number of esters is 1. The lowest BCUT2D eigenvalue weighted by Crippen LogP contribution is -2.37. The highest BCUT2D eigenvalue weighted by atomic mass is 16.5. The fourth-order valence-corrected chi connectivity index (χ4v) is 2.34. The van der Waals surface area contributed by atoms with E-state index in [1.165, 1.54) is 19.3 Å². The molecule has 1 aliphatic heterocycles. The van der Waals surface area contributed by atoms with Gasteiger partial charge in [0.05, 0.1) is 6.10 Å². The van der Waals surface area contributed by atoms with Gasteiger partial charge in [0.2, 0.25) is 0 Å². The first-order chi connectivity index (χ1) is 8.15. The summed E-state index contributed by atoms with van der Waals surface area (Å²) < 4.78 is 5.48. The molecule has 100 valence electrons. The van der Waals surface area contributed by atoms with Crippen LogP contribution in [-0.4, -0.2) is 24.7 Å². The van der Waals surface area contributed by atoms with Crippen LogP contribution in [0.3, 0.4) is 0 Å². The van der Waals surface area contributed by atoms with Gasteiger partial charge in [-0.2, -0.15) is 0 Å². The Morgan fingerprint density at radius 1 is 1.41 bits per heavy atom. The third-order valence-corrected chi connectivity index (χ3v) is 3.57. The molecular formula is C14H27NO2. The molecule has 3 unspecified atom stereocenters. The Labute approximate surface area is 105 Å². The second-order valence-corrected chi connectivity index (χ2v) is 5.29. The van der Waals surface area contributed by atoms with Gasteiger partial charge in [0, 0.05) is 0 Å². The Bertz CT molecular complexity index is 230. The molecule has 0 bridgehead atoms. The van der Waals surface area contributed by atoms with E-state index >= 15 is 0 Å². The van der Waals surface area contributed by atoms with Crippen LogP contribution in [0.5, 0.6) is 0 Å². The van der Waals surface area contributed by atoms with Crippen LogP contribution < -0.4 is 5.32 Å². The van der Waals surface area contributed by atoms with Gasteiger partial charge in [-0.25, -0.2) is 0 Å². The Kier molecular flexibility index (Phi) is 6.56. The van der Waals surface area contributed by atoms with Crippen molar-refractivity contribution >= 4 is 5.97 Å². The molecule has 0 aromatic heterocycles. The van der Waals surface area contributed by atoms with E-state index in [4.69, 9.17) is 4.74 Å². The molecule has 17 heavy (non-hydrogen) atoms. The molecule has 3 atom stereocenters. The molecule has 1 heterocycles. The predicted molar refractivity (Wildman–Crippen MR) is 69.9 cm³/mol. The third kappa shape index (κ3) is 5.07. The van der Waals surface area contributed by atoms with Crippen LogP contribution in [0.2, 0.25) is 0 Å². The lowest BCUT2D eigenvalue weighted by Gasteiger charge is -2.18. The minimum Gasteiger partial charge on any atom is -0.462 e. The lowest BCUT2D eigenvalue weighted by atomic mass is 10.0. The summed E-state index contributed by atoms with van der Waals surface area (Å²) in [5, 5.41) is 3.21. The van der Waals surface area contributed by atoms with Gasteiger partial charge in [0.15, 0.2) is 0 Å². The van der Waals surface area contributed by atoms with E-state index in [2.05, 4.69) is 19.2 Å². The average molecular weight is 241 g/mol. The largest absolute Gasteiger partial charge is 0.462 e. The zero-order valence-electron chi connectivity index (χ0n) is 11.5. The van der Waals surface area contributed by atoms with Crippen LogP contribution in [0.1, 0.15) is 59.3 Å². The minimum absolute atomic E-state index is 0.0574. The zero-order chi connectivity index (χ0) is 12.7. The zero-order valence-corrected chi connectivity index (χ0v) is 11.5. The van der Waals surface area contributed by atoms with Crippen LogP contribution in [0.15, 0.2) is 0 Å². The molecule has 3 heteroatoms. The number of carbonyl (C=O) groups is 1. The average Bonchev–Trinajstić information content (AvgIpc) is 2.71. The van der Waals surface area contributed by atoms with Crippen molar-refractivity contribution in [2.24, 2.45) is 5.92 Å². The van der Waals surface area contributed by atoms with Crippen molar-refractivity contribution in [1.29, 1.82) is 0 Å². The highest BCUT2D eigenvalue weighted by Gasteiger charge is 2.31. The molecule has 0 aromatic rings. The Morgan fingerprint density at radius 2 is 2.18 bits per heavy atom. The van der Waals surface area contributed by atoms with Crippen molar-refractivity contribution in [3.05, 3.63) is 0 Å². The standard InChI is InChI=1S/C14H27NO2/c1-4-5-6-7-8-12(3)17-14(16)13-11(2)9-10-15-13/h11-13,15H,4-10H2,1-3H3. The number of hydrogen-bond acceptors (Lipinski definition) is 3. The molecule has 1 aliphatic rings. The van der Waals surface area contributed by atoms with Crippen LogP contribution in [0.4, 0.5) is 0 Å². The van der Waals surface area contributed by atoms with Gasteiger partial charge in [0.25, 0.3) is 0 Å². The van der Waals surface area contributed by atoms with Gasteiger partial charge >= 0.3 is 5.97 Å². The van der Waals surface area contributed by atoms with Gasteiger partial charge < -0.3 is 10.1 Å². The molecule has 3 nitrogen and oxygen atoms in total. The molecule has 1 rings (SSSR count).